The van der Waals surface area contributed by atoms with Crippen molar-refractivity contribution in [3.8, 4) is 11.5 Å². The zero-order valence-corrected chi connectivity index (χ0v) is 22.8. The van der Waals surface area contributed by atoms with Crippen molar-refractivity contribution in [2.75, 3.05) is 0 Å². The molecule has 2 rings (SSSR count). The molecule has 2 aromatic rings. The number of benzene rings is 2. The summed E-state index contributed by atoms with van der Waals surface area (Å²) in [5, 5.41) is 0. The minimum absolute atomic E-state index is 0.442. The van der Waals surface area contributed by atoms with Gasteiger partial charge in [0.05, 0.1) is 0 Å². The number of rotatable bonds is 14. The maximum atomic E-state index is 6.09. The van der Waals surface area contributed by atoms with E-state index in [1.165, 1.54) is 49.7 Å². The average molecular weight is 451 g/mol. The smallest absolute Gasteiger partial charge is 0.127 e. The minimum Gasteiger partial charge on any atom is -0.457 e. The summed E-state index contributed by atoms with van der Waals surface area (Å²) < 4.78 is 6.09. The Hall–Kier alpha value is -1.76. The molecule has 0 aliphatic heterocycles. The van der Waals surface area contributed by atoms with Crippen LogP contribution in [0.4, 0.5) is 0 Å². The van der Waals surface area contributed by atoms with Crippen molar-refractivity contribution in [1.29, 1.82) is 0 Å². The van der Waals surface area contributed by atoms with E-state index in [0.29, 0.717) is 10.8 Å². The standard InChI is InChI=1S/C32H50O/c1-9-31(5,6)25(3)13-11-15-27-17-21-29(22-18-27)33-30-23-19-28(20-24-30)16-12-14-26(4)32(7,8)10-2/h17-26H,9-16H2,1-8H3. The zero-order valence-electron chi connectivity index (χ0n) is 22.8. The fraction of sp³-hybridized carbons (Fsp3) is 0.625. The lowest BCUT2D eigenvalue weighted by atomic mass is 9.75. The van der Waals surface area contributed by atoms with E-state index in [4.69, 9.17) is 4.74 Å². The predicted octanol–water partition coefficient (Wildman–Crippen LogP) is 10.3. The summed E-state index contributed by atoms with van der Waals surface area (Å²) in [5.74, 6) is 3.37. The van der Waals surface area contributed by atoms with Gasteiger partial charge < -0.3 is 4.74 Å². The first-order valence-corrected chi connectivity index (χ1v) is 13.4. The van der Waals surface area contributed by atoms with Gasteiger partial charge in [-0.2, -0.15) is 0 Å². The van der Waals surface area contributed by atoms with Crippen molar-refractivity contribution in [1.82, 2.24) is 0 Å². The fourth-order valence-electron chi connectivity index (χ4n) is 4.29. The first-order chi connectivity index (χ1) is 15.6. The summed E-state index contributed by atoms with van der Waals surface area (Å²) >= 11 is 0. The van der Waals surface area contributed by atoms with Crippen molar-refractivity contribution in [3.63, 3.8) is 0 Å². The third-order valence-electron chi connectivity index (χ3n) is 8.78. The normalized spacial score (nSPS) is 14.2. The highest BCUT2D eigenvalue weighted by Crippen LogP contribution is 2.34. The maximum Gasteiger partial charge on any atom is 0.127 e. The second kappa shape index (κ2) is 12.6. The van der Waals surface area contributed by atoms with Gasteiger partial charge in [-0.25, -0.2) is 0 Å². The average Bonchev–Trinajstić information content (AvgIpc) is 2.81. The van der Waals surface area contributed by atoms with Gasteiger partial charge in [-0.05, 0) is 96.6 Å². The lowest BCUT2D eigenvalue weighted by molar-refractivity contribution is 0.206. The Balaban J connectivity index is 1.77. The Labute approximate surface area is 205 Å². The minimum atomic E-state index is 0.442. The van der Waals surface area contributed by atoms with Crippen molar-refractivity contribution in [2.45, 2.75) is 107 Å². The van der Waals surface area contributed by atoms with Gasteiger partial charge in [0.15, 0.2) is 0 Å². The van der Waals surface area contributed by atoms with Gasteiger partial charge in [-0.15, -0.1) is 0 Å². The molecule has 1 heteroatoms. The van der Waals surface area contributed by atoms with Crippen LogP contribution in [0.1, 0.15) is 105 Å². The maximum absolute atomic E-state index is 6.09. The van der Waals surface area contributed by atoms with Crippen LogP contribution in [0.15, 0.2) is 48.5 Å². The Morgan fingerprint density at radius 1 is 0.606 bits per heavy atom. The first kappa shape index (κ1) is 27.5. The van der Waals surface area contributed by atoms with Crippen LogP contribution in [0.2, 0.25) is 0 Å². The Kier molecular flexibility index (Phi) is 10.5. The second-order valence-electron chi connectivity index (χ2n) is 11.7. The molecule has 2 unspecified atom stereocenters. The third kappa shape index (κ3) is 8.84. The SMILES string of the molecule is CCC(C)(C)C(C)CCCc1ccc(Oc2ccc(CCCC(C)C(C)(C)CC)cc2)cc1. The molecule has 0 N–H and O–H groups in total. The molecule has 0 aliphatic carbocycles. The summed E-state index contributed by atoms with van der Waals surface area (Å²) in [5.41, 5.74) is 3.69. The van der Waals surface area contributed by atoms with Gasteiger partial charge in [0.25, 0.3) is 0 Å². The van der Waals surface area contributed by atoms with Crippen LogP contribution in [0.3, 0.4) is 0 Å². The van der Waals surface area contributed by atoms with Crippen molar-refractivity contribution in [2.24, 2.45) is 22.7 Å². The van der Waals surface area contributed by atoms with E-state index in [1.807, 2.05) is 0 Å². The summed E-state index contributed by atoms with van der Waals surface area (Å²) in [6.45, 7) is 19.0. The van der Waals surface area contributed by atoms with Crippen molar-refractivity contribution in [3.05, 3.63) is 59.7 Å². The van der Waals surface area contributed by atoms with Gasteiger partial charge in [-0.3, -0.25) is 0 Å². The highest BCUT2D eigenvalue weighted by atomic mass is 16.5. The molecule has 0 heterocycles. The molecule has 0 saturated heterocycles. The number of aryl methyl sites for hydroxylation is 2. The van der Waals surface area contributed by atoms with Crippen LogP contribution < -0.4 is 4.74 Å². The topological polar surface area (TPSA) is 9.23 Å². The quantitative estimate of drug-likeness (QED) is 0.278. The van der Waals surface area contributed by atoms with Gasteiger partial charge >= 0.3 is 0 Å². The molecular weight excluding hydrogens is 400 g/mol. The highest BCUT2D eigenvalue weighted by Gasteiger charge is 2.23. The lowest BCUT2D eigenvalue weighted by Gasteiger charge is -2.30. The highest BCUT2D eigenvalue weighted by molar-refractivity contribution is 5.34. The zero-order chi connectivity index (χ0) is 24.5. The van der Waals surface area contributed by atoms with Crippen LogP contribution in [-0.2, 0) is 12.8 Å². The Morgan fingerprint density at radius 3 is 1.24 bits per heavy atom. The summed E-state index contributed by atoms with van der Waals surface area (Å²) in [6.07, 6.45) is 9.87. The molecule has 0 radical (unpaired) electrons. The van der Waals surface area contributed by atoms with Crippen LogP contribution in [-0.4, -0.2) is 0 Å². The van der Waals surface area contributed by atoms with Crippen LogP contribution in [0.5, 0.6) is 11.5 Å². The molecular formula is C32H50O. The van der Waals surface area contributed by atoms with Gasteiger partial charge in [-0.1, -0.05) is 92.5 Å². The van der Waals surface area contributed by atoms with Gasteiger partial charge in [0.2, 0.25) is 0 Å². The van der Waals surface area contributed by atoms with Crippen LogP contribution in [0.25, 0.3) is 0 Å². The second-order valence-corrected chi connectivity index (χ2v) is 11.7. The summed E-state index contributed by atoms with van der Waals surface area (Å²) in [4.78, 5) is 0. The van der Waals surface area contributed by atoms with E-state index in [1.54, 1.807) is 0 Å². The van der Waals surface area contributed by atoms with E-state index < -0.39 is 0 Å². The van der Waals surface area contributed by atoms with Gasteiger partial charge in [0.1, 0.15) is 11.5 Å². The molecule has 2 atom stereocenters. The van der Waals surface area contributed by atoms with E-state index in [0.717, 1.165) is 36.2 Å². The largest absolute Gasteiger partial charge is 0.457 e. The van der Waals surface area contributed by atoms with Gasteiger partial charge in [0, 0.05) is 0 Å². The van der Waals surface area contributed by atoms with Crippen molar-refractivity contribution < 1.29 is 4.74 Å². The van der Waals surface area contributed by atoms with E-state index in [9.17, 15) is 0 Å². The molecule has 0 aromatic heterocycles. The third-order valence-corrected chi connectivity index (χ3v) is 8.78. The molecule has 2 aromatic carbocycles. The predicted molar refractivity (Wildman–Crippen MR) is 145 cm³/mol. The summed E-state index contributed by atoms with van der Waals surface area (Å²) in [7, 11) is 0. The van der Waals surface area contributed by atoms with Crippen molar-refractivity contribution >= 4 is 0 Å². The Morgan fingerprint density at radius 2 is 0.939 bits per heavy atom. The first-order valence-electron chi connectivity index (χ1n) is 13.4. The Bertz CT molecular complexity index is 728. The molecule has 0 spiro atoms. The molecule has 1 nitrogen and oxygen atoms in total. The fourth-order valence-corrected chi connectivity index (χ4v) is 4.29. The molecule has 0 bridgehead atoms. The number of ether oxygens (including phenoxy) is 1. The molecule has 0 aliphatic rings. The van der Waals surface area contributed by atoms with E-state index >= 15 is 0 Å². The van der Waals surface area contributed by atoms with Crippen LogP contribution >= 0.6 is 0 Å². The number of hydrogen-bond donors (Lipinski definition) is 0. The molecule has 184 valence electrons. The molecule has 33 heavy (non-hydrogen) atoms. The monoisotopic (exact) mass is 450 g/mol. The molecule has 0 saturated carbocycles. The molecule has 0 fully saturated rings. The number of hydrogen-bond acceptors (Lipinski definition) is 1. The lowest BCUT2D eigenvalue weighted by Crippen LogP contribution is -2.20. The van der Waals surface area contributed by atoms with Crippen LogP contribution in [0, 0.1) is 22.7 Å². The van der Waals surface area contributed by atoms with E-state index in [-0.39, 0.29) is 0 Å². The summed E-state index contributed by atoms with van der Waals surface area (Å²) in [6, 6.07) is 17.3. The van der Waals surface area contributed by atoms with E-state index in [2.05, 4.69) is 104 Å². The molecule has 0 amide bonds.